The van der Waals surface area contributed by atoms with Gasteiger partial charge in [-0.2, -0.15) is 0 Å². The second kappa shape index (κ2) is 5.72. The van der Waals surface area contributed by atoms with Gasteiger partial charge in [0.1, 0.15) is 17.0 Å². The molecule has 0 radical (unpaired) electrons. The van der Waals surface area contributed by atoms with Crippen LogP contribution in [0.1, 0.15) is 16.3 Å². The molecule has 0 bridgehead atoms. The average molecular weight is 280 g/mol. The molecule has 0 saturated carbocycles. The fraction of sp³-hybridized carbons (Fsp3) is 0.273. The van der Waals surface area contributed by atoms with E-state index < -0.39 is 4.92 Å². The van der Waals surface area contributed by atoms with Gasteiger partial charge in [-0.05, 0) is 13.0 Å². The summed E-state index contributed by atoms with van der Waals surface area (Å²) in [6.45, 7) is 2.05. The number of aromatic nitrogens is 2. The predicted molar refractivity (Wildman–Crippen MR) is 71.0 cm³/mol. The number of hydrogen-bond donors (Lipinski definition) is 2. The summed E-state index contributed by atoms with van der Waals surface area (Å²) in [5, 5.41) is 25.2. The Morgan fingerprint density at radius 3 is 2.95 bits per heavy atom. The molecule has 100 valence electrons. The smallest absolute Gasteiger partial charge is 0.290 e. The highest BCUT2D eigenvalue weighted by Crippen LogP contribution is 2.19. The number of thiazole rings is 1. The number of hydrogen-bond acceptors (Lipinski definition) is 7. The summed E-state index contributed by atoms with van der Waals surface area (Å²) in [6, 6.07) is 1.62. The van der Waals surface area contributed by atoms with Crippen LogP contribution in [0.5, 0.6) is 0 Å². The maximum Gasteiger partial charge on any atom is 0.290 e. The second-order valence-electron chi connectivity index (χ2n) is 3.86. The average Bonchev–Trinajstić information content (AvgIpc) is 2.84. The summed E-state index contributed by atoms with van der Waals surface area (Å²) in [5.74, 6) is 0.559. The third-order valence-corrected chi connectivity index (χ3v) is 3.36. The highest BCUT2D eigenvalue weighted by atomic mass is 32.1. The fourth-order valence-corrected chi connectivity index (χ4v) is 2.23. The first-order chi connectivity index (χ1) is 9.10. The van der Waals surface area contributed by atoms with E-state index >= 15 is 0 Å². The van der Waals surface area contributed by atoms with Gasteiger partial charge in [-0.15, -0.1) is 11.3 Å². The Morgan fingerprint density at radius 2 is 2.37 bits per heavy atom. The summed E-state index contributed by atoms with van der Waals surface area (Å²) < 4.78 is 0. The quantitative estimate of drug-likeness (QED) is 0.640. The Labute approximate surface area is 113 Å². The molecule has 2 N–H and O–H groups in total. The summed E-state index contributed by atoms with van der Waals surface area (Å²) in [6.07, 6.45) is 1.23. The number of rotatable bonds is 5. The van der Waals surface area contributed by atoms with E-state index in [2.05, 4.69) is 15.3 Å². The first-order valence-corrected chi connectivity index (χ1v) is 6.37. The number of nitrogens with one attached hydrogen (secondary N) is 1. The Bertz CT molecular complexity index is 599. The maximum atomic E-state index is 10.7. The Hall–Kier alpha value is -2.06. The Morgan fingerprint density at radius 1 is 1.58 bits per heavy atom. The van der Waals surface area contributed by atoms with E-state index in [1.165, 1.54) is 17.5 Å². The second-order valence-corrected chi connectivity index (χ2v) is 4.80. The molecule has 0 aromatic carbocycles. The van der Waals surface area contributed by atoms with Gasteiger partial charge in [0.25, 0.3) is 5.69 Å². The number of aliphatic hydroxyl groups is 1. The van der Waals surface area contributed by atoms with E-state index in [0.29, 0.717) is 23.6 Å². The van der Waals surface area contributed by atoms with Gasteiger partial charge >= 0.3 is 0 Å². The predicted octanol–water partition coefficient (Wildman–Crippen LogP) is 1.86. The van der Waals surface area contributed by atoms with E-state index in [9.17, 15) is 10.1 Å². The van der Waals surface area contributed by atoms with Gasteiger partial charge in [-0.3, -0.25) is 10.1 Å². The molecule has 0 unspecified atom stereocenters. The van der Waals surface area contributed by atoms with Gasteiger partial charge in [-0.1, -0.05) is 0 Å². The molecule has 0 fully saturated rings. The largest absolute Gasteiger partial charge is 0.390 e. The van der Waals surface area contributed by atoms with Gasteiger partial charge < -0.3 is 10.4 Å². The molecule has 0 aliphatic carbocycles. The number of nitro groups is 1. The molecule has 19 heavy (non-hydrogen) atoms. The van der Waals surface area contributed by atoms with Crippen molar-refractivity contribution in [3.63, 3.8) is 0 Å². The Balaban J connectivity index is 2.03. The fourth-order valence-electron chi connectivity index (χ4n) is 1.51. The van der Waals surface area contributed by atoms with Gasteiger partial charge in [0.2, 0.25) is 0 Å². The van der Waals surface area contributed by atoms with E-state index in [-0.39, 0.29) is 12.3 Å². The zero-order valence-corrected chi connectivity index (χ0v) is 11.0. The van der Waals surface area contributed by atoms with Crippen molar-refractivity contribution in [2.24, 2.45) is 0 Å². The van der Waals surface area contributed by atoms with Crippen molar-refractivity contribution < 1.29 is 10.0 Å². The lowest BCUT2D eigenvalue weighted by molar-refractivity contribution is -0.385. The molecular formula is C11H12N4O3S. The third kappa shape index (κ3) is 3.24. The molecule has 2 heterocycles. The van der Waals surface area contributed by atoms with Crippen LogP contribution in [0.25, 0.3) is 0 Å². The van der Waals surface area contributed by atoms with Crippen LogP contribution in [0.2, 0.25) is 0 Å². The van der Waals surface area contributed by atoms with Crippen molar-refractivity contribution in [1.29, 1.82) is 0 Å². The molecule has 0 aliphatic rings. The van der Waals surface area contributed by atoms with E-state index in [4.69, 9.17) is 5.11 Å². The number of aliphatic hydroxyl groups excluding tert-OH is 1. The number of nitrogens with zero attached hydrogens (tertiary/aromatic N) is 3. The van der Waals surface area contributed by atoms with Gasteiger partial charge in [0, 0.05) is 10.9 Å². The topological polar surface area (TPSA) is 101 Å². The lowest BCUT2D eigenvalue weighted by Gasteiger charge is -2.04. The van der Waals surface area contributed by atoms with Crippen LogP contribution in [-0.4, -0.2) is 20.0 Å². The molecule has 0 spiro atoms. The van der Waals surface area contributed by atoms with Crippen LogP contribution in [0.15, 0.2) is 17.6 Å². The van der Waals surface area contributed by atoms with Crippen LogP contribution in [0, 0.1) is 17.0 Å². The molecule has 7 nitrogen and oxygen atoms in total. The monoisotopic (exact) mass is 280 g/mol. The van der Waals surface area contributed by atoms with E-state index in [0.717, 1.165) is 5.01 Å². The van der Waals surface area contributed by atoms with Crippen LogP contribution in [-0.2, 0) is 13.2 Å². The van der Waals surface area contributed by atoms with Gasteiger partial charge in [-0.25, -0.2) is 9.97 Å². The van der Waals surface area contributed by atoms with Crippen LogP contribution in [0.3, 0.4) is 0 Å². The Kier molecular flexibility index (Phi) is 4.03. The van der Waals surface area contributed by atoms with E-state index in [1.807, 2.05) is 0 Å². The maximum absolute atomic E-state index is 10.7. The molecule has 0 saturated heterocycles. The number of anilines is 1. The molecule has 2 aromatic heterocycles. The minimum Gasteiger partial charge on any atom is -0.390 e. The van der Waals surface area contributed by atoms with Crippen molar-refractivity contribution in [2.45, 2.75) is 20.1 Å². The number of pyridine rings is 1. The third-order valence-electron chi connectivity index (χ3n) is 2.46. The zero-order chi connectivity index (χ0) is 13.8. The summed E-state index contributed by atoms with van der Waals surface area (Å²) in [5.41, 5.74) is 1.19. The van der Waals surface area contributed by atoms with Crippen LogP contribution >= 0.6 is 11.3 Å². The van der Waals surface area contributed by atoms with Crippen molar-refractivity contribution in [2.75, 3.05) is 5.32 Å². The summed E-state index contributed by atoms with van der Waals surface area (Å²) >= 11 is 1.44. The van der Waals surface area contributed by atoms with Gasteiger partial charge in [0.15, 0.2) is 0 Å². The lowest BCUT2D eigenvalue weighted by Crippen LogP contribution is -2.02. The summed E-state index contributed by atoms with van der Waals surface area (Å²) in [7, 11) is 0. The molecule has 0 aliphatic heterocycles. The van der Waals surface area contributed by atoms with Crippen molar-refractivity contribution >= 4 is 22.8 Å². The molecule has 8 heteroatoms. The molecule has 2 aromatic rings. The highest BCUT2D eigenvalue weighted by molar-refractivity contribution is 7.09. The molecule has 0 amide bonds. The number of aryl methyl sites for hydroxylation is 1. The van der Waals surface area contributed by atoms with Crippen LogP contribution < -0.4 is 5.32 Å². The van der Waals surface area contributed by atoms with Gasteiger partial charge in [0.05, 0.1) is 23.8 Å². The minimum absolute atomic E-state index is 0.00219. The van der Waals surface area contributed by atoms with E-state index in [1.54, 1.807) is 18.4 Å². The van der Waals surface area contributed by atoms with Crippen molar-refractivity contribution in [1.82, 2.24) is 9.97 Å². The minimum atomic E-state index is -0.458. The standard InChI is InChI=1S/C11H12N4O3S/c1-7-2-10(12-3-9(7)15(17)18)13-4-11-14-8(5-16)6-19-11/h2-3,6,16H,4-5H2,1H3,(H,12,13). The zero-order valence-electron chi connectivity index (χ0n) is 10.2. The summed E-state index contributed by atoms with van der Waals surface area (Å²) in [4.78, 5) is 18.4. The van der Waals surface area contributed by atoms with Crippen molar-refractivity contribution in [3.05, 3.63) is 44.0 Å². The van der Waals surface area contributed by atoms with Crippen molar-refractivity contribution in [3.8, 4) is 0 Å². The SMILES string of the molecule is Cc1cc(NCc2nc(CO)cs2)ncc1[N+](=O)[O-]. The lowest BCUT2D eigenvalue weighted by atomic mass is 10.2. The molecule has 2 rings (SSSR count). The molecular weight excluding hydrogens is 268 g/mol. The normalized spacial score (nSPS) is 10.4. The first-order valence-electron chi connectivity index (χ1n) is 5.49. The first kappa shape index (κ1) is 13.4. The highest BCUT2D eigenvalue weighted by Gasteiger charge is 2.11. The molecule has 0 atom stereocenters. The van der Waals surface area contributed by atoms with Crippen LogP contribution in [0.4, 0.5) is 11.5 Å².